The lowest BCUT2D eigenvalue weighted by Crippen LogP contribution is -2.40. The van der Waals surface area contributed by atoms with E-state index in [1.807, 2.05) is 25.1 Å². The molecule has 2 aromatic carbocycles. The molecule has 28 heavy (non-hydrogen) atoms. The van der Waals surface area contributed by atoms with Gasteiger partial charge < -0.3 is 10.0 Å². The van der Waals surface area contributed by atoms with E-state index in [2.05, 4.69) is 4.72 Å². The number of nitrogens with zero attached hydrogens (tertiary/aromatic N) is 1. The third-order valence-corrected chi connectivity index (χ3v) is 6.10. The normalized spacial score (nSPS) is 15.4. The fourth-order valence-corrected chi connectivity index (χ4v) is 4.52. The van der Waals surface area contributed by atoms with Crippen molar-refractivity contribution in [2.45, 2.75) is 38.0 Å². The molecular formula is C21H26N2O4S. The Balaban J connectivity index is 1.57. The van der Waals surface area contributed by atoms with Gasteiger partial charge in [0, 0.05) is 18.8 Å². The molecule has 0 saturated carbocycles. The minimum absolute atomic E-state index is 0.0275. The standard InChI is InChI=1S/C21H26N2O4S/c1-16-3-2-4-18(13-16)15-28(26,27)22-19-7-5-17(6-8-19)14-21(25)23-11-9-20(24)10-12-23/h2-8,13,20,22,24H,9-12,14-15H2,1H3. The number of benzene rings is 2. The number of anilines is 1. The monoisotopic (exact) mass is 402 g/mol. The van der Waals surface area contributed by atoms with E-state index >= 15 is 0 Å². The molecule has 0 atom stereocenters. The molecule has 3 rings (SSSR count). The highest BCUT2D eigenvalue weighted by atomic mass is 32.2. The van der Waals surface area contributed by atoms with Crippen molar-refractivity contribution < 1.29 is 18.3 Å². The topological polar surface area (TPSA) is 86.7 Å². The SMILES string of the molecule is Cc1cccc(CS(=O)(=O)Nc2ccc(CC(=O)N3CCC(O)CC3)cc2)c1. The predicted molar refractivity (Wildman–Crippen MR) is 109 cm³/mol. The number of aliphatic hydroxyl groups excluding tert-OH is 1. The number of nitrogens with one attached hydrogen (secondary N) is 1. The van der Waals surface area contributed by atoms with Gasteiger partial charge in [0.15, 0.2) is 0 Å². The van der Waals surface area contributed by atoms with Crippen LogP contribution in [0.15, 0.2) is 48.5 Å². The number of sulfonamides is 1. The third-order valence-electron chi connectivity index (χ3n) is 4.84. The van der Waals surface area contributed by atoms with Crippen LogP contribution in [0.2, 0.25) is 0 Å². The molecule has 0 spiro atoms. The van der Waals surface area contributed by atoms with Gasteiger partial charge in [-0.1, -0.05) is 42.0 Å². The second-order valence-electron chi connectivity index (χ2n) is 7.34. The first-order valence-corrected chi connectivity index (χ1v) is 11.1. The Morgan fingerprint density at radius 1 is 1.11 bits per heavy atom. The number of hydrogen-bond donors (Lipinski definition) is 2. The van der Waals surface area contributed by atoms with E-state index < -0.39 is 10.0 Å². The van der Waals surface area contributed by atoms with Crippen molar-refractivity contribution in [3.63, 3.8) is 0 Å². The molecule has 0 radical (unpaired) electrons. The molecule has 2 N–H and O–H groups in total. The number of aliphatic hydroxyl groups is 1. The molecule has 1 heterocycles. The molecule has 6 nitrogen and oxygen atoms in total. The summed E-state index contributed by atoms with van der Waals surface area (Å²) in [6.07, 6.45) is 1.20. The van der Waals surface area contributed by atoms with Gasteiger partial charge >= 0.3 is 0 Å². The quantitative estimate of drug-likeness (QED) is 0.777. The zero-order valence-electron chi connectivity index (χ0n) is 16.0. The molecule has 1 amide bonds. The molecule has 1 saturated heterocycles. The molecule has 150 valence electrons. The van der Waals surface area contributed by atoms with Crippen LogP contribution in [0.4, 0.5) is 5.69 Å². The maximum atomic E-state index is 12.4. The maximum Gasteiger partial charge on any atom is 0.236 e. The van der Waals surface area contributed by atoms with E-state index in [0.29, 0.717) is 31.6 Å². The number of carbonyl (C=O) groups excluding carboxylic acids is 1. The third kappa shape index (κ3) is 5.81. The highest BCUT2D eigenvalue weighted by Gasteiger charge is 2.21. The summed E-state index contributed by atoms with van der Waals surface area (Å²) < 4.78 is 27.4. The first-order chi connectivity index (χ1) is 13.3. The van der Waals surface area contributed by atoms with Crippen LogP contribution in [0.1, 0.15) is 29.5 Å². The minimum atomic E-state index is -3.51. The summed E-state index contributed by atoms with van der Waals surface area (Å²) in [6.45, 7) is 3.09. The summed E-state index contributed by atoms with van der Waals surface area (Å²) in [5.41, 5.74) is 3.06. The highest BCUT2D eigenvalue weighted by Crippen LogP contribution is 2.17. The summed E-state index contributed by atoms with van der Waals surface area (Å²) >= 11 is 0. The van der Waals surface area contributed by atoms with E-state index in [1.165, 1.54) is 0 Å². The van der Waals surface area contributed by atoms with Crippen LogP contribution in [0, 0.1) is 6.92 Å². The van der Waals surface area contributed by atoms with Crippen molar-refractivity contribution in [3.05, 3.63) is 65.2 Å². The van der Waals surface area contributed by atoms with Crippen LogP contribution in [0.5, 0.6) is 0 Å². The molecule has 1 fully saturated rings. The van der Waals surface area contributed by atoms with Crippen LogP contribution in [0.3, 0.4) is 0 Å². The number of rotatable bonds is 6. The van der Waals surface area contributed by atoms with Crippen molar-refractivity contribution in [2.24, 2.45) is 0 Å². The van der Waals surface area contributed by atoms with Gasteiger partial charge in [-0.3, -0.25) is 9.52 Å². The zero-order chi connectivity index (χ0) is 20.1. The van der Waals surface area contributed by atoms with E-state index in [4.69, 9.17) is 0 Å². The lowest BCUT2D eigenvalue weighted by molar-refractivity contribution is -0.132. The number of hydrogen-bond acceptors (Lipinski definition) is 4. The summed E-state index contributed by atoms with van der Waals surface area (Å²) in [7, 11) is -3.51. The Bertz CT molecular complexity index is 918. The zero-order valence-corrected chi connectivity index (χ0v) is 16.8. The molecule has 0 unspecified atom stereocenters. The van der Waals surface area contributed by atoms with E-state index in [0.717, 1.165) is 16.7 Å². The Morgan fingerprint density at radius 3 is 2.43 bits per heavy atom. The first-order valence-electron chi connectivity index (χ1n) is 9.41. The number of aryl methyl sites for hydroxylation is 1. The van der Waals surface area contributed by atoms with Crippen molar-refractivity contribution in [2.75, 3.05) is 17.8 Å². The summed E-state index contributed by atoms with van der Waals surface area (Å²) in [5.74, 6) is -0.0601. The van der Waals surface area contributed by atoms with E-state index in [1.54, 1.807) is 35.2 Å². The Kier molecular flexibility index (Phi) is 6.36. The molecule has 0 aliphatic carbocycles. The van der Waals surface area contributed by atoms with Crippen LogP contribution in [0.25, 0.3) is 0 Å². The fourth-order valence-electron chi connectivity index (χ4n) is 3.33. The van der Waals surface area contributed by atoms with E-state index in [-0.39, 0.29) is 24.2 Å². The van der Waals surface area contributed by atoms with Crippen LogP contribution < -0.4 is 4.72 Å². The van der Waals surface area contributed by atoms with Crippen LogP contribution >= 0.6 is 0 Å². The summed E-state index contributed by atoms with van der Waals surface area (Å²) in [4.78, 5) is 14.1. The highest BCUT2D eigenvalue weighted by molar-refractivity contribution is 7.91. The molecule has 2 aromatic rings. The fraction of sp³-hybridized carbons (Fsp3) is 0.381. The van der Waals surface area contributed by atoms with E-state index in [9.17, 15) is 18.3 Å². The molecule has 1 aliphatic heterocycles. The van der Waals surface area contributed by atoms with Crippen molar-refractivity contribution in [1.82, 2.24) is 4.90 Å². The number of amides is 1. The summed E-state index contributed by atoms with van der Waals surface area (Å²) in [5, 5.41) is 9.53. The second kappa shape index (κ2) is 8.75. The molecule has 0 aromatic heterocycles. The van der Waals surface area contributed by atoms with Gasteiger partial charge in [0.2, 0.25) is 15.9 Å². The smallest absolute Gasteiger partial charge is 0.236 e. The van der Waals surface area contributed by atoms with Gasteiger partial charge in [0.1, 0.15) is 0 Å². The largest absolute Gasteiger partial charge is 0.393 e. The predicted octanol–water partition coefficient (Wildman–Crippen LogP) is 2.46. The van der Waals surface area contributed by atoms with Gasteiger partial charge in [0.25, 0.3) is 0 Å². The molecule has 0 bridgehead atoms. The Labute approximate surface area is 166 Å². The lowest BCUT2D eigenvalue weighted by atomic mass is 10.1. The maximum absolute atomic E-state index is 12.4. The second-order valence-corrected chi connectivity index (χ2v) is 9.06. The van der Waals surface area contributed by atoms with Gasteiger partial charge in [-0.15, -0.1) is 0 Å². The summed E-state index contributed by atoms with van der Waals surface area (Å²) in [6, 6.07) is 14.3. The number of likely N-dealkylation sites (tertiary alicyclic amines) is 1. The van der Waals surface area contributed by atoms with Gasteiger partial charge in [-0.25, -0.2) is 8.42 Å². The van der Waals surface area contributed by atoms with Gasteiger partial charge in [0.05, 0.1) is 18.3 Å². The van der Waals surface area contributed by atoms with Crippen LogP contribution in [-0.2, 0) is 27.0 Å². The minimum Gasteiger partial charge on any atom is -0.393 e. The molecule has 7 heteroatoms. The Hall–Kier alpha value is -2.38. The van der Waals surface area contributed by atoms with Gasteiger partial charge in [-0.05, 0) is 43.0 Å². The van der Waals surface area contributed by atoms with Crippen LogP contribution in [-0.4, -0.2) is 43.5 Å². The first kappa shape index (κ1) is 20.4. The van der Waals surface area contributed by atoms with Crippen molar-refractivity contribution in [1.29, 1.82) is 0 Å². The molecular weight excluding hydrogens is 376 g/mol. The van der Waals surface area contributed by atoms with Crippen molar-refractivity contribution >= 4 is 21.6 Å². The van der Waals surface area contributed by atoms with Gasteiger partial charge in [-0.2, -0.15) is 0 Å². The average Bonchev–Trinajstić information content (AvgIpc) is 2.63. The Morgan fingerprint density at radius 2 is 1.79 bits per heavy atom. The molecule has 1 aliphatic rings. The average molecular weight is 403 g/mol. The number of piperidine rings is 1. The lowest BCUT2D eigenvalue weighted by Gasteiger charge is -2.29. The van der Waals surface area contributed by atoms with Crippen molar-refractivity contribution in [3.8, 4) is 0 Å². The number of carbonyl (C=O) groups is 1.